The van der Waals surface area contributed by atoms with Crippen LogP contribution in [0.4, 0.5) is 0 Å². The summed E-state index contributed by atoms with van der Waals surface area (Å²) in [5.41, 5.74) is 2.62. The summed E-state index contributed by atoms with van der Waals surface area (Å²) in [7, 11) is 1.91. The Balaban J connectivity index is 1.61. The molecule has 26 heavy (non-hydrogen) atoms. The lowest BCUT2D eigenvalue weighted by Gasteiger charge is -2.08. The molecule has 0 saturated heterocycles. The van der Waals surface area contributed by atoms with Gasteiger partial charge in [0.15, 0.2) is 0 Å². The Labute approximate surface area is 161 Å². The van der Waals surface area contributed by atoms with E-state index in [0.29, 0.717) is 12.4 Å². The molecule has 4 rings (SSSR count). The summed E-state index contributed by atoms with van der Waals surface area (Å²) in [5, 5.41) is 8.22. The van der Waals surface area contributed by atoms with E-state index < -0.39 is 0 Å². The highest BCUT2D eigenvalue weighted by Gasteiger charge is 2.08. The quantitative estimate of drug-likeness (QED) is 0.493. The number of rotatable bonds is 4. The van der Waals surface area contributed by atoms with E-state index in [4.69, 9.17) is 4.74 Å². The first-order chi connectivity index (χ1) is 12.5. The van der Waals surface area contributed by atoms with E-state index in [1.165, 1.54) is 17.4 Å². The van der Waals surface area contributed by atoms with Gasteiger partial charge < -0.3 is 4.74 Å². The van der Waals surface area contributed by atoms with Crippen LogP contribution in [0.1, 0.15) is 10.7 Å². The standard InChI is InChI=1S/C18H15BrN4O2S/c1-11-14-7-12(3-4-15(14)21-22(11)2)23-6-5-13(8-18(23)24)25-9-17-20-16(19)10-26-17/h3-8,10H,9H2,1-2H3. The Bertz CT molecular complexity index is 1160. The van der Waals surface area contributed by atoms with Gasteiger partial charge in [-0.2, -0.15) is 5.10 Å². The summed E-state index contributed by atoms with van der Waals surface area (Å²) >= 11 is 4.82. The molecule has 6 nitrogen and oxygen atoms in total. The molecule has 0 saturated carbocycles. The molecule has 8 heteroatoms. The lowest BCUT2D eigenvalue weighted by molar-refractivity contribution is 0.304. The van der Waals surface area contributed by atoms with Gasteiger partial charge in [0, 0.05) is 41.5 Å². The van der Waals surface area contributed by atoms with Gasteiger partial charge in [-0.15, -0.1) is 11.3 Å². The number of aromatic nitrogens is 4. The van der Waals surface area contributed by atoms with Gasteiger partial charge in [-0.05, 0) is 47.1 Å². The summed E-state index contributed by atoms with van der Waals surface area (Å²) in [6.45, 7) is 2.34. The average molecular weight is 431 g/mol. The number of hydrogen-bond donors (Lipinski definition) is 0. The van der Waals surface area contributed by atoms with Crippen molar-refractivity contribution in [3.05, 3.63) is 67.6 Å². The fourth-order valence-corrected chi connectivity index (χ4v) is 3.90. The Morgan fingerprint density at radius 1 is 1.27 bits per heavy atom. The van der Waals surface area contributed by atoms with E-state index >= 15 is 0 Å². The van der Waals surface area contributed by atoms with Gasteiger partial charge in [-0.1, -0.05) is 0 Å². The molecule has 0 fully saturated rings. The average Bonchev–Trinajstić information content (AvgIpc) is 3.16. The first-order valence-electron chi connectivity index (χ1n) is 7.90. The molecule has 132 valence electrons. The van der Waals surface area contributed by atoms with E-state index in [-0.39, 0.29) is 5.56 Å². The normalized spacial score (nSPS) is 11.2. The van der Waals surface area contributed by atoms with Crippen LogP contribution in [0.3, 0.4) is 0 Å². The number of fused-ring (bicyclic) bond motifs is 1. The molecule has 4 aromatic rings. The van der Waals surface area contributed by atoms with Crippen LogP contribution in [-0.4, -0.2) is 19.3 Å². The predicted molar refractivity (Wildman–Crippen MR) is 105 cm³/mol. The van der Waals surface area contributed by atoms with Crippen molar-refractivity contribution in [1.82, 2.24) is 19.3 Å². The van der Waals surface area contributed by atoms with Gasteiger partial charge in [-0.3, -0.25) is 14.0 Å². The number of pyridine rings is 1. The van der Waals surface area contributed by atoms with Crippen LogP contribution in [0.2, 0.25) is 0 Å². The van der Waals surface area contributed by atoms with E-state index in [9.17, 15) is 4.79 Å². The molecule has 0 spiro atoms. The monoisotopic (exact) mass is 430 g/mol. The van der Waals surface area contributed by atoms with E-state index in [1.807, 2.05) is 42.2 Å². The maximum absolute atomic E-state index is 12.5. The highest BCUT2D eigenvalue weighted by atomic mass is 79.9. The summed E-state index contributed by atoms with van der Waals surface area (Å²) < 4.78 is 9.89. The van der Waals surface area contributed by atoms with Crippen molar-refractivity contribution in [2.45, 2.75) is 13.5 Å². The number of halogens is 1. The van der Waals surface area contributed by atoms with Crippen molar-refractivity contribution in [1.29, 1.82) is 0 Å². The van der Waals surface area contributed by atoms with E-state index in [0.717, 1.165) is 31.9 Å². The zero-order valence-corrected chi connectivity index (χ0v) is 16.5. The molecule has 0 aliphatic carbocycles. The van der Waals surface area contributed by atoms with Crippen molar-refractivity contribution >= 4 is 38.2 Å². The molecule has 0 atom stereocenters. The first kappa shape index (κ1) is 17.0. The zero-order chi connectivity index (χ0) is 18.3. The van der Waals surface area contributed by atoms with Gasteiger partial charge in [0.2, 0.25) is 0 Å². The second-order valence-electron chi connectivity index (χ2n) is 5.83. The molecule has 0 unspecified atom stereocenters. The summed E-state index contributed by atoms with van der Waals surface area (Å²) in [6, 6.07) is 9.07. The number of benzene rings is 1. The molecular formula is C18H15BrN4O2S. The third-order valence-electron chi connectivity index (χ3n) is 4.17. The third kappa shape index (κ3) is 3.17. The highest BCUT2D eigenvalue weighted by molar-refractivity contribution is 9.10. The second kappa shape index (κ2) is 6.69. The number of thiazole rings is 1. The van der Waals surface area contributed by atoms with Crippen molar-refractivity contribution in [3.63, 3.8) is 0 Å². The van der Waals surface area contributed by atoms with Gasteiger partial charge in [0.1, 0.15) is 22.0 Å². The van der Waals surface area contributed by atoms with E-state index in [1.54, 1.807) is 16.8 Å². The molecule has 0 amide bonds. The van der Waals surface area contributed by atoms with Gasteiger partial charge in [0.05, 0.1) is 5.52 Å². The van der Waals surface area contributed by atoms with Crippen LogP contribution in [0, 0.1) is 6.92 Å². The Hall–Kier alpha value is -2.45. The van der Waals surface area contributed by atoms with Crippen LogP contribution < -0.4 is 10.3 Å². The predicted octanol–water partition coefficient (Wildman–Crippen LogP) is 3.83. The molecule has 0 aliphatic heterocycles. The molecule has 0 N–H and O–H groups in total. The van der Waals surface area contributed by atoms with Crippen LogP contribution in [0.15, 0.2) is 51.3 Å². The van der Waals surface area contributed by atoms with E-state index in [2.05, 4.69) is 26.0 Å². The van der Waals surface area contributed by atoms with Crippen molar-refractivity contribution in [2.75, 3.05) is 0 Å². The highest BCUT2D eigenvalue weighted by Crippen LogP contribution is 2.21. The minimum Gasteiger partial charge on any atom is -0.486 e. The molecular weight excluding hydrogens is 416 g/mol. The van der Waals surface area contributed by atoms with Crippen LogP contribution in [0.25, 0.3) is 16.6 Å². The molecule has 3 aromatic heterocycles. The SMILES string of the molecule is Cc1c2cc(-n3ccc(OCc4nc(Br)cs4)cc3=O)ccc2nn1C. The molecule has 0 aliphatic rings. The van der Waals surface area contributed by atoms with Crippen LogP contribution in [-0.2, 0) is 13.7 Å². The van der Waals surface area contributed by atoms with Gasteiger partial charge in [-0.25, -0.2) is 4.98 Å². The number of hydrogen-bond acceptors (Lipinski definition) is 5. The Kier molecular flexibility index (Phi) is 4.37. The summed E-state index contributed by atoms with van der Waals surface area (Å²) in [6.07, 6.45) is 1.72. The summed E-state index contributed by atoms with van der Waals surface area (Å²) in [4.78, 5) is 16.8. The lowest BCUT2D eigenvalue weighted by Crippen LogP contribution is -2.16. The largest absolute Gasteiger partial charge is 0.486 e. The van der Waals surface area contributed by atoms with Crippen molar-refractivity contribution in [2.24, 2.45) is 7.05 Å². The summed E-state index contributed by atoms with van der Waals surface area (Å²) in [5.74, 6) is 0.524. The molecule has 0 radical (unpaired) electrons. The van der Waals surface area contributed by atoms with Crippen LogP contribution in [0.5, 0.6) is 5.75 Å². The first-order valence-corrected chi connectivity index (χ1v) is 9.58. The lowest BCUT2D eigenvalue weighted by atomic mass is 10.2. The maximum atomic E-state index is 12.5. The van der Waals surface area contributed by atoms with Gasteiger partial charge >= 0.3 is 0 Å². The minimum absolute atomic E-state index is 0.149. The van der Waals surface area contributed by atoms with Crippen molar-refractivity contribution in [3.8, 4) is 11.4 Å². The number of nitrogens with zero attached hydrogens (tertiary/aromatic N) is 4. The van der Waals surface area contributed by atoms with Crippen LogP contribution >= 0.6 is 27.3 Å². The molecule has 3 heterocycles. The van der Waals surface area contributed by atoms with Gasteiger partial charge in [0.25, 0.3) is 5.56 Å². The van der Waals surface area contributed by atoms with Crippen molar-refractivity contribution < 1.29 is 4.74 Å². The molecule has 1 aromatic carbocycles. The third-order valence-corrected chi connectivity index (χ3v) is 5.70. The maximum Gasteiger partial charge on any atom is 0.258 e. The Morgan fingerprint density at radius 3 is 2.85 bits per heavy atom. The topological polar surface area (TPSA) is 61.9 Å². The fraction of sp³-hybridized carbons (Fsp3) is 0.167. The number of ether oxygens (including phenoxy) is 1. The minimum atomic E-state index is -0.149. The Morgan fingerprint density at radius 2 is 2.12 bits per heavy atom. The fourth-order valence-electron chi connectivity index (χ4n) is 2.73. The molecule has 0 bridgehead atoms. The number of aryl methyl sites for hydroxylation is 2. The smallest absolute Gasteiger partial charge is 0.258 e. The second-order valence-corrected chi connectivity index (χ2v) is 7.59. The zero-order valence-electron chi connectivity index (χ0n) is 14.1.